The van der Waals surface area contributed by atoms with Crippen LogP contribution in [0.5, 0.6) is 0 Å². The van der Waals surface area contributed by atoms with Crippen LogP contribution in [-0.2, 0) is 4.79 Å². The van der Waals surface area contributed by atoms with Crippen molar-refractivity contribution in [3.8, 4) is 0 Å². The molecule has 1 aromatic carbocycles. The minimum absolute atomic E-state index is 0.0123. The summed E-state index contributed by atoms with van der Waals surface area (Å²) in [5.41, 5.74) is 0.110. The third-order valence-corrected chi connectivity index (χ3v) is 3.71. The van der Waals surface area contributed by atoms with Crippen molar-refractivity contribution in [1.29, 1.82) is 0 Å². The minimum atomic E-state index is -1.04. The van der Waals surface area contributed by atoms with E-state index in [1.165, 1.54) is 6.07 Å². The Morgan fingerprint density at radius 1 is 1.32 bits per heavy atom. The van der Waals surface area contributed by atoms with Gasteiger partial charge in [0.2, 0.25) is 5.91 Å². The standard InChI is InChI=1S/C13H12F2N2O2/c14-8-2-1-7(5-9(8)15)13(19)17-4-3-10-11(17)6-12(18)16-10/h1-2,5,10-11H,3-4,6H2,(H,16,18). The molecule has 0 aromatic heterocycles. The van der Waals surface area contributed by atoms with Gasteiger partial charge in [-0.1, -0.05) is 0 Å². The molecule has 2 aliphatic rings. The highest BCUT2D eigenvalue weighted by Gasteiger charge is 2.43. The van der Waals surface area contributed by atoms with Crippen LogP contribution in [0.4, 0.5) is 8.78 Å². The third-order valence-electron chi connectivity index (χ3n) is 3.71. The Kier molecular flexibility index (Phi) is 2.73. The lowest BCUT2D eigenvalue weighted by Gasteiger charge is -2.22. The highest BCUT2D eigenvalue weighted by atomic mass is 19.2. The molecule has 0 bridgehead atoms. The first-order chi connectivity index (χ1) is 9.06. The number of benzene rings is 1. The van der Waals surface area contributed by atoms with E-state index in [0.717, 1.165) is 12.1 Å². The number of fused-ring (bicyclic) bond motifs is 1. The van der Waals surface area contributed by atoms with Gasteiger partial charge in [-0.25, -0.2) is 8.78 Å². The zero-order valence-corrected chi connectivity index (χ0v) is 10.0. The normalized spacial score (nSPS) is 25.4. The number of carbonyl (C=O) groups excluding carboxylic acids is 2. The number of hydrogen-bond donors (Lipinski definition) is 1. The molecule has 2 saturated heterocycles. The zero-order valence-electron chi connectivity index (χ0n) is 10.0. The number of amides is 2. The Morgan fingerprint density at radius 2 is 2.11 bits per heavy atom. The van der Waals surface area contributed by atoms with E-state index >= 15 is 0 Å². The minimum Gasteiger partial charge on any atom is -0.351 e. The van der Waals surface area contributed by atoms with Gasteiger partial charge >= 0.3 is 0 Å². The number of hydrogen-bond acceptors (Lipinski definition) is 2. The largest absolute Gasteiger partial charge is 0.351 e. The summed E-state index contributed by atoms with van der Waals surface area (Å²) in [5, 5.41) is 2.81. The summed E-state index contributed by atoms with van der Waals surface area (Å²) in [6.45, 7) is 0.521. The molecule has 3 rings (SSSR count). The molecule has 2 unspecified atom stereocenters. The van der Waals surface area contributed by atoms with E-state index in [4.69, 9.17) is 0 Å². The number of nitrogens with one attached hydrogen (secondary N) is 1. The Labute approximate surface area is 108 Å². The van der Waals surface area contributed by atoms with Gasteiger partial charge in [-0.2, -0.15) is 0 Å². The number of carbonyl (C=O) groups is 2. The summed E-state index contributed by atoms with van der Waals surface area (Å²) in [4.78, 5) is 25.1. The van der Waals surface area contributed by atoms with Crippen LogP contribution in [0.1, 0.15) is 23.2 Å². The van der Waals surface area contributed by atoms with Crippen molar-refractivity contribution < 1.29 is 18.4 Å². The zero-order chi connectivity index (χ0) is 13.6. The molecule has 0 saturated carbocycles. The van der Waals surface area contributed by atoms with Crippen molar-refractivity contribution in [2.75, 3.05) is 6.54 Å². The molecule has 0 radical (unpaired) electrons. The van der Waals surface area contributed by atoms with Crippen LogP contribution in [0.25, 0.3) is 0 Å². The van der Waals surface area contributed by atoms with Crippen molar-refractivity contribution in [1.82, 2.24) is 10.2 Å². The molecule has 2 amide bonds. The topological polar surface area (TPSA) is 49.4 Å². The van der Waals surface area contributed by atoms with E-state index in [-0.39, 0.29) is 35.9 Å². The monoisotopic (exact) mass is 266 g/mol. The van der Waals surface area contributed by atoms with Crippen LogP contribution in [0.15, 0.2) is 18.2 Å². The van der Waals surface area contributed by atoms with Crippen molar-refractivity contribution in [3.63, 3.8) is 0 Å². The molecular weight excluding hydrogens is 254 g/mol. The molecular formula is C13H12F2N2O2. The van der Waals surface area contributed by atoms with Gasteiger partial charge in [-0.15, -0.1) is 0 Å². The average molecular weight is 266 g/mol. The first kappa shape index (κ1) is 12.1. The van der Waals surface area contributed by atoms with Gasteiger partial charge in [-0.3, -0.25) is 9.59 Å². The highest BCUT2D eigenvalue weighted by Crippen LogP contribution is 2.27. The highest BCUT2D eigenvalue weighted by molar-refractivity contribution is 5.95. The molecule has 2 heterocycles. The van der Waals surface area contributed by atoms with E-state index in [1.807, 2.05) is 0 Å². The fraction of sp³-hybridized carbons (Fsp3) is 0.385. The Morgan fingerprint density at radius 3 is 2.84 bits per heavy atom. The number of likely N-dealkylation sites (tertiary alicyclic amines) is 1. The summed E-state index contributed by atoms with van der Waals surface area (Å²) in [7, 11) is 0. The van der Waals surface area contributed by atoms with E-state index < -0.39 is 11.6 Å². The molecule has 100 valence electrons. The van der Waals surface area contributed by atoms with Crippen molar-refractivity contribution in [2.24, 2.45) is 0 Å². The smallest absolute Gasteiger partial charge is 0.254 e. The second-order valence-electron chi connectivity index (χ2n) is 4.86. The molecule has 2 atom stereocenters. The van der Waals surface area contributed by atoms with Crippen LogP contribution >= 0.6 is 0 Å². The van der Waals surface area contributed by atoms with Gasteiger partial charge in [0.05, 0.1) is 12.1 Å². The van der Waals surface area contributed by atoms with Crippen LogP contribution in [0, 0.1) is 11.6 Å². The molecule has 1 aromatic rings. The Hall–Kier alpha value is -1.98. The summed E-state index contributed by atoms with van der Waals surface area (Å²) in [6.07, 6.45) is 0.978. The molecule has 6 heteroatoms. The van der Waals surface area contributed by atoms with E-state index in [0.29, 0.717) is 13.0 Å². The molecule has 4 nitrogen and oxygen atoms in total. The first-order valence-corrected chi connectivity index (χ1v) is 6.11. The van der Waals surface area contributed by atoms with Gasteiger partial charge < -0.3 is 10.2 Å². The second-order valence-corrected chi connectivity index (χ2v) is 4.86. The lowest BCUT2D eigenvalue weighted by atomic mass is 10.1. The lowest BCUT2D eigenvalue weighted by Crippen LogP contribution is -2.38. The number of rotatable bonds is 1. The fourth-order valence-electron chi connectivity index (χ4n) is 2.78. The fourth-order valence-corrected chi connectivity index (χ4v) is 2.78. The van der Waals surface area contributed by atoms with Crippen LogP contribution in [-0.4, -0.2) is 35.3 Å². The summed E-state index contributed by atoms with van der Waals surface area (Å²) in [5.74, 6) is -2.45. The molecule has 0 aliphatic carbocycles. The summed E-state index contributed by atoms with van der Waals surface area (Å²) < 4.78 is 26.0. The Bertz CT molecular complexity index is 562. The van der Waals surface area contributed by atoms with Gasteiger partial charge in [-0.05, 0) is 24.6 Å². The maximum Gasteiger partial charge on any atom is 0.254 e. The van der Waals surface area contributed by atoms with Gasteiger partial charge in [0, 0.05) is 18.5 Å². The first-order valence-electron chi connectivity index (χ1n) is 6.11. The van der Waals surface area contributed by atoms with Crippen molar-refractivity contribution in [2.45, 2.75) is 24.9 Å². The van der Waals surface area contributed by atoms with Gasteiger partial charge in [0.15, 0.2) is 11.6 Å². The van der Waals surface area contributed by atoms with E-state index in [2.05, 4.69) is 5.32 Å². The number of halogens is 2. The van der Waals surface area contributed by atoms with Crippen LogP contribution in [0.2, 0.25) is 0 Å². The van der Waals surface area contributed by atoms with Crippen molar-refractivity contribution in [3.05, 3.63) is 35.4 Å². The summed E-state index contributed by atoms with van der Waals surface area (Å²) in [6, 6.07) is 2.91. The quantitative estimate of drug-likeness (QED) is 0.826. The molecule has 0 spiro atoms. The van der Waals surface area contributed by atoms with Gasteiger partial charge in [0.1, 0.15) is 0 Å². The number of nitrogens with zero attached hydrogens (tertiary/aromatic N) is 1. The predicted molar refractivity (Wildman–Crippen MR) is 62.3 cm³/mol. The molecule has 19 heavy (non-hydrogen) atoms. The second kappa shape index (κ2) is 4.29. The Balaban J connectivity index is 1.84. The van der Waals surface area contributed by atoms with E-state index in [1.54, 1.807) is 4.90 Å². The van der Waals surface area contributed by atoms with E-state index in [9.17, 15) is 18.4 Å². The average Bonchev–Trinajstić information content (AvgIpc) is 2.90. The lowest BCUT2D eigenvalue weighted by molar-refractivity contribution is -0.119. The maximum atomic E-state index is 13.1. The maximum absolute atomic E-state index is 13.1. The molecule has 2 aliphatic heterocycles. The SMILES string of the molecule is O=C1CC2C(CCN2C(=O)c2ccc(F)c(F)c2)N1. The molecule has 1 N–H and O–H groups in total. The molecule has 2 fully saturated rings. The third kappa shape index (κ3) is 1.97. The summed E-state index contributed by atoms with van der Waals surface area (Å²) >= 11 is 0. The van der Waals surface area contributed by atoms with Crippen LogP contribution < -0.4 is 5.32 Å². The van der Waals surface area contributed by atoms with Gasteiger partial charge in [0.25, 0.3) is 5.91 Å². The van der Waals surface area contributed by atoms with Crippen molar-refractivity contribution >= 4 is 11.8 Å². The van der Waals surface area contributed by atoms with Crippen LogP contribution in [0.3, 0.4) is 0 Å². The predicted octanol–water partition coefficient (Wildman–Crippen LogP) is 1.07.